The van der Waals surface area contributed by atoms with Gasteiger partial charge in [0.2, 0.25) is 0 Å². The number of halogens is 1. The van der Waals surface area contributed by atoms with E-state index in [1.54, 1.807) is 0 Å². The van der Waals surface area contributed by atoms with Crippen LogP contribution in [0.15, 0.2) is 12.1 Å². The van der Waals surface area contributed by atoms with Gasteiger partial charge in [-0.1, -0.05) is 17.7 Å². The van der Waals surface area contributed by atoms with Crippen molar-refractivity contribution < 1.29 is 5.73 Å². The summed E-state index contributed by atoms with van der Waals surface area (Å²) < 4.78 is 0. The monoisotopic (exact) mass is 156 g/mol. The molecule has 0 aromatic heterocycles. The molecule has 3 N–H and O–H groups in total. The Morgan fingerprint density at radius 2 is 1.90 bits per heavy atom. The van der Waals surface area contributed by atoms with Crippen LogP contribution in [0.4, 0.5) is 5.69 Å². The molecule has 54 valence electrons. The average Bonchev–Trinajstić information content (AvgIpc) is 1.82. The van der Waals surface area contributed by atoms with Crippen molar-refractivity contribution in [1.29, 1.82) is 0 Å². The summed E-state index contributed by atoms with van der Waals surface area (Å²) in [4.78, 5) is 0. The third-order valence-electron chi connectivity index (χ3n) is 1.56. The molecule has 1 rings (SSSR count). The molecule has 0 amide bonds. The minimum Gasteiger partial charge on any atom is -0.324 e. The van der Waals surface area contributed by atoms with Gasteiger partial charge in [-0.25, -0.2) is 0 Å². The van der Waals surface area contributed by atoms with Gasteiger partial charge in [0.25, 0.3) is 0 Å². The van der Waals surface area contributed by atoms with Gasteiger partial charge in [0.1, 0.15) is 10.7 Å². The molecular formula is C8H11ClN+. The lowest BCUT2D eigenvalue weighted by molar-refractivity contribution is -0.255. The topological polar surface area (TPSA) is 27.6 Å². The van der Waals surface area contributed by atoms with E-state index in [-0.39, 0.29) is 0 Å². The molecule has 0 spiro atoms. The van der Waals surface area contributed by atoms with Gasteiger partial charge < -0.3 is 5.73 Å². The predicted molar refractivity (Wildman–Crippen MR) is 43.5 cm³/mol. The van der Waals surface area contributed by atoms with Gasteiger partial charge in [-0.05, 0) is 25.5 Å². The van der Waals surface area contributed by atoms with Crippen molar-refractivity contribution in [2.24, 2.45) is 0 Å². The summed E-state index contributed by atoms with van der Waals surface area (Å²) in [6.07, 6.45) is 0. The number of hydrogen-bond donors (Lipinski definition) is 1. The van der Waals surface area contributed by atoms with Crippen LogP contribution in [0, 0.1) is 13.8 Å². The van der Waals surface area contributed by atoms with E-state index in [4.69, 9.17) is 11.6 Å². The Kier molecular flexibility index (Phi) is 1.97. The lowest BCUT2D eigenvalue weighted by atomic mass is 10.1. The second-order valence-electron chi connectivity index (χ2n) is 2.54. The summed E-state index contributed by atoms with van der Waals surface area (Å²) in [7, 11) is 0. The first kappa shape index (κ1) is 7.58. The van der Waals surface area contributed by atoms with E-state index in [2.05, 4.69) is 11.8 Å². The first-order valence-corrected chi connectivity index (χ1v) is 3.58. The number of rotatable bonds is 0. The van der Waals surface area contributed by atoms with Gasteiger partial charge in [0.05, 0.1) is 0 Å². The Hall–Kier alpha value is -0.530. The Balaban J connectivity index is 3.31. The van der Waals surface area contributed by atoms with Gasteiger partial charge in [-0.3, -0.25) is 0 Å². The van der Waals surface area contributed by atoms with Crippen molar-refractivity contribution in [2.75, 3.05) is 0 Å². The molecule has 0 saturated heterocycles. The smallest absolute Gasteiger partial charge is 0.149 e. The fraction of sp³-hybridized carbons (Fsp3) is 0.250. The Bertz CT molecular complexity index is 232. The maximum Gasteiger partial charge on any atom is 0.149 e. The molecule has 0 aliphatic rings. The quantitative estimate of drug-likeness (QED) is 0.594. The first-order valence-electron chi connectivity index (χ1n) is 3.20. The van der Waals surface area contributed by atoms with E-state index in [1.807, 2.05) is 19.9 Å². The van der Waals surface area contributed by atoms with Crippen LogP contribution in [0.25, 0.3) is 0 Å². The largest absolute Gasteiger partial charge is 0.324 e. The lowest BCUT2D eigenvalue weighted by Gasteiger charge is -1.99. The number of aryl methyl sites for hydroxylation is 2. The number of hydrogen-bond acceptors (Lipinski definition) is 0. The van der Waals surface area contributed by atoms with Crippen LogP contribution >= 0.6 is 11.6 Å². The molecule has 0 aliphatic heterocycles. The molecule has 0 saturated carbocycles. The molecule has 0 aliphatic carbocycles. The highest BCUT2D eigenvalue weighted by atomic mass is 35.5. The number of quaternary nitrogens is 1. The van der Waals surface area contributed by atoms with Crippen LogP contribution in [-0.2, 0) is 0 Å². The molecule has 1 aromatic carbocycles. The van der Waals surface area contributed by atoms with Crippen molar-refractivity contribution in [3.63, 3.8) is 0 Å². The Labute approximate surface area is 65.8 Å². The van der Waals surface area contributed by atoms with E-state index in [1.165, 1.54) is 5.56 Å². The zero-order chi connectivity index (χ0) is 7.72. The third kappa shape index (κ3) is 1.31. The van der Waals surface area contributed by atoms with Crippen molar-refractivity contribution in [3.05, 3.63) is 28.3 Å². The van der Waals surface area contributed by atoms with E-state index >= 15 is 0 Å². The molecule has 0 radical (unpaired) electrons. The first-order chi connectivity index (χ1) is 4.61. The summed E-state index contributed by atoms with van der Waals surface area (Å²) in [6, 6.07) is 4.01. The fourth-order valence-electron chi connectivity index (χ4n) is 0.946. The fourth-order valence-corrected chi connectivity index (χ4v) is 1.27. The molecule has 1 nitrogen and oxygen atoms in total. The maximum atomic E-state index is 5.86. The highest BCUT2D eigenvalue weighted by molar-refractivity contribution is 6.32. The Morgan fingerprint density at radius 1 is 1.30 bits per heavy atom. The van der Waals surface area contributed by atoms with E-state index < -0.39 is 0 Å². The van der Waals surface area contributed by atoms with Crippen molar-refractivity contribution in [2.45, 2.75) is 13.8 Å². The minimum absolute atomic E-state index is 0.762. The number of benzene rings is 1. The summed E-state index contributed by atoms with van der Waals surface area (Å²) in [6.45, 7) is 4.04. The van der Waals surface area contributed by atoms with Crippen LogP contribution in [0.1, 0.15) is 11.1 Å². The zero-order valence-corrected chi connectivity index (χ0v) is 7.00. The maximum absolute atomic E-state index is 5.86. The summed E-state index contributed by atoms with van der Waals surface area (Å²) >= 11 is 5.86. The van der Waals surface area contributed by atoms with Gasteiger partial charge in [-0.15, -0.1) is 0 Å². The standard InChI is InChI=1S/C8H10ClN/c1-5-3-6(2)8(10)7(9)4-5/h3-4H,10H2,1-2H3/p+1. The minimum atomic E-state index is 0.762. The van der Waals surface area contributed by atoms with Crippen molar-refractivity contribution >= 4 is 17.3 Å². The second-order valence-corrected chi connectivity index (χ2v) is 2.95. The van der Waals surface area contributed by atoms with Crippen LogP contribution in [0.3, 0.4) is 0 Å². The van der Waals surface area contributed by atoms with Gasteiger partial charge in [0.15, 0.2) is 0 Å². The molecule has 1 aromatic rings. The molecule has 0 fully saturated rings. The van der Waals surface area contributed by atoms with Crippen LogP contribution < -0.4 is 5.73 Å². The van der Waals surface area contributed by atoms with E-state index in [0.717, 1.165) is 16.3 Å². The molecule has 0 heterocycles. The molecule has 10 heavy (non-hydrogen) atoms. The lowest BCUT2D eigenvalue weighted by Crippen LogP contribution is -2.41. The SMILES string of the molecule is Cc1cc(C)c([NH3+])c(Cl)c1. The summed E-state index contributed by atoms with van der Waals surface area (Å²) in [5, 5.41) is 0.762. The highest BCUT2D eigenvalue weighted by Crippen LogP contribution is 2.21. The molecule has 0 bridgehead atoms. The van der Waals surface area contributed by atoms with Crippen LogP contribution in [0.2, 0.25) is 5.02 Å². The van der Waals surface area contributed by atoms with Crippen molar-refractivity contribution in [3.8, 4) is 0 Å². The normalized spacial score (nSPS) is 10.0. The summed E-state index contributed by atoms with van der Waals surface area (Å²) in [5.41, 5.74) is 7.11. The third-order valence-corrected chi connectivity index (χ3v) is 1.90. The van der Waals surface area contributed by atoms with Gasteiger partial charge >= 0.3 is 0 Å². The second kappa shape index (κ2) is 2.60. The highest BCUT2D eigenvalue weighted by Gasteiger charge is 2.02. The van der Waals surface area contributed by atoms with Gasteiger partial charge in [-0.2, -0.15) is 0 Å². The molecule has 0 atom stereocenters. The van der Waals surface area contributed by atoms with Crippen LogP contribution in [-0.4, -0.2) is 0 Å². The zero-order valence-electron chi connectivity index (χ0n) is 6.24. The van der Waals surface area contributed by atoms with E-state index in [9.17, 15) is 0 Å². The summed E-state index contributed by atoms with van der Waals surface area (Å²) in [5.74, 6) is 0. The predicted octanol–water partition coefficient (Wildman–Crippen LogP) is 1.83. The van der Waals surface area contributed by atoms with Crippen LogP contribution in [0.5, 0.6) is 0 Å². The van der Waals surface area contributed by atoms with Crippen molar-refractivity contribution in [1.82, 2.24) is 0 Å². The molecular weight excluding hydrogens is 146 g/mol. The molecule has 0 unspecified atom stereocenters. The van der Waals surface area contributed by atoms with Gasteiger partial charge in [0, 0.05) is 5.56 Å². The average molecular weight is 157 g/mol. The Morgan fingerprint density at radius 3 is 2.40 bits per heavy atom. The van der Waals surface area contributed by atoms with E-state index in [0.29, 0.717) is 0 Å². The molecule has 2 heteroatoms.